The van der Waals surface area contributed by atoms with Crippen molar-refractivity contribution in [2.24, 2.45) is 18.0 Å². The van der Waals surface area contributed by atoms with E-state index in [9.17, 15) is 13.6 Å². The molecular weight excluding hydrogens is 282 g/mol. The number of benzene rings is 1. The molecule has 2 N–H and O–H groups in total. The van der Waals surface area contributed by atoms with E-state index in [1.165, 1.54) is 23.9 Å². The van der Waals surface area contributed by atoms with Crippen molar-refractivity contribution in [1.29, 1.82) is 10.5 Å². The highest BCUT2D eigenvalue weighted by molar-refractivity contribution is 5.87. The van der Waals surface area contributed by atoms with Crippen molar-refractivity contribution in [2.45, 2.75) is 6.55 Å². The third-order valence-corrected chi connectivity index (χ3v) is 2.53. The number of hydrogen-bond acceptors (Lipinski definition) is 5. The van der Waals surface area contributed by atoms with Crippen LogP contribution in [0.3, 0.4) is 0 Å². The quantitative estimate of drug-likeness (QED) is 0.511. The lowest BCUT2D eigenvalue weighted by Crippen LogP contribution is -2.22. The predicted molar refractivity (Wildman–Crippen MR) is 73.6 cm³/mol. The minimum absolute atomic E-state index is 0.157. The van der Waals surface area contributed by atoms with Gasteiger partial charge in [-0.05, 0) is 17.7 Å². The van der Waals surface area contributed by atoms with Gasteiger partial charge in [0.15, 0.2) is 0 Å². The lowest BCUT2D eigenvalue weighted by atomic mass is 10.2. The summed E-state index contributed by atoms with van der Waals surface area (Å²) in [6, 6.07) is 4.67. The largest absolute Gasteiger partial charge is 0.333 e. The van der Waals surface area contributed by atoms with Crippen LogP contribution < -0.4 is 11.5 Å². The number of imidazole rings is 1. The van der Waals surface area contributed by atoms with E-state index >= 15 is 0 Å². The van der Waals surface area contributed by atoms with Crippen molar-refractivity contribution < 1.29 is 8.78 Å². The first-order valence-corrected chi connectivity index (χ1v) is 5.30. The van der Waals surface area contributed by atoms with Gasteiger partial charge in [-0.25, -0.2) is 19.9 Å². The molecular formula is C12H12F2N6O. The number of nitrogens with two attached hydrogens (primary N) is 1. The monoisotopic (exact) mass is 294 g/mol. The molecule has 1 aromatic carbocycles. The number of aryl methyl sites for hydroxylation is 1. The fourth-order valence-corrected chi connectivity index (χ4v) is 1.74. The van der Waals surface area contributed by atoms with Crippen LogP contribution in [0.1, 0.15) is 12.1 Å². The van der Waals surface area contributed by atoms with Gasteiger partial charge in [0, 0.05) is 20.2 Å². The smallest absolute Gasteiger partial charge is 0.323 e. The van der Waals surface area contributed by atoms with E-state index in [-0.39, 0.29) is 5.52 Å². The Labute approximate surface area is 118 Å². The number of alkyl halides is 2. The first-order valence-electron chi connectivity index (χ1n) is 5.30. The predicted octanol–water partition coefficient (Wildman–Crippen LogP) is 1.31. The molecule has 110 valence electrons. The number of hydrogen-bond donors (Lipinski definition) is 1. The molecule has 9 heteroatoms. The van der Waals surface area contributed by atoms with Crippen LogP contribution in [0.5, 0.6) is 0 Å². The highest BCUT2D eigenvalue weighted by Gasteiger charge is 2.17. The lowest BCUT2D eigenvalue weighted by Gasteiger charge is -2.00. The molecule has 7 nitrogen and oxygen atoms in total. The summed E-state index contributed by atoms with van der Waals surface area (Å²) in [6.07, 6.45) is 1.33. The van der Waals surface area contributed by atoms with E-state index in [0.717, 1.165) is 0 Å². The fourth-order valence-electron chi connectivity index (χ4n) is 1.74. The van der Waals surface area contributed by atoms with Gasteiger partial charge in [0.1, 0.15) is 0 Å². The third kappa shape index (κ3) is 3.42. The number of fused-ring (bicyclic) bond motifs is 1. The first-order chi connectivity index (χ1) is 10.1. The summed E-state index contributed by atoms with van der Waals surface area (Å²) < 4.78 is 27.2. The van der Waals surface area contributed by atoms with Gasteiger partial charge in [0.05, 0.1) is 17.2 Å². The van der Waals surface area contributed by atoms with Crippen LogP contribution in [0.4, 0.5) is 8.78 Å². The van der Waals surface area contributed by atoms with Crippen molar-refractivity contribution >= 4 is 17.2 Å². The van der Waals surface area contributed by atoms with Crippen LogP contribution >= 0.6 is 0 Å². The molecule has 0 unspecified atom stereocenters. The van der Waals surface area contributed by atoms with E-state index in [0.29, 0.717) is 15.6 Å². The summed E-state index contributed by atoms with van der Waals surface area (Å²) in [4.78, 5) is 11.6. The number of hydrazone groups is 1. The molecule has 0 bridgehead atoms. The fraction of sp³-hybridized carbons (Fsp3) is 0.167. The number of nitriles is 2. The van der Waals surface area contributed by atoms with E-state index < -0.39 is 12.2 Å². The summed E-state index contributed by atoms with van der Waals surface area (Å²) >= 11 is 0. The molecule has 0 spiro atoms. The van der Waals surface area contributed by atoms with E-state index in [4.69, 9.17) is 16.4 Å². The molecule has 0 saturated carbocycles. The highest BCUT2D eigenvalue weighted by Crippen LogP contribution is 2.19. The summed E-state index contributed by atoms with van der Waals surface area (Å²) in [6.45, 7) is 4.12. The molecule has 0 radical (unpaired) electrons. The molecule has 0 saturated heterocycles. The Morgan fingerprint density at radius 3 is 2.33 bits per heavy atom. The Hall–Kier alpha value is -3.20. The number of halogens is 2. The minimum Gasteiger partial charge on any atom is -0.323 e. The minimum atomic E-state index is -2.88. The van der Waals surface area contributed by atoms with Gasteiger partial charge < -0.3 is 5.84 Å². The maximum absolute atomic E-state index is 12.8. The van der Waals surface area contributed by atoms with Crippen molar-refractivity contribution in [1.82, 2.24) is 9.13 Å². The van der Waals surface area contributed by atoms with Crippen LogP contribution in [-0.2, 0) is 7.05 Å². The Kier molecular flexibility index (Phi) is 6.84. The summed E-state index contributed by atoms with van der Waals surface area (Å²) in [7, 11) is 1.44. The third-order valence-electron chi connectivity index (χ3n) is 2.53. The Bertz CT molecular complexity index is 720. The summed E-state index contributed by atoms with van der Waals surface area (Å²) in [5.41, 5.74) is 0.395. The van der Waals surface area contributed by atoms with Gasteiger partial charge >= 0.3 is 12.2 Å². The standard InChI is InChI=1S/C10H10F2N4O.2CHN/c1-15-7-3-2-6(5-14-13)4-8(7)16(9(11)12)10(15)17;2*1-2/h2-5,9H,13H2,1H3;2*1H. The topological polar surface area (TPSA) is 113 Å². The van der Waals surface area contributed by atoms with E-state index in [1.807, 2.05) is 0 Å². The zero-order valence-corrected chi connectivity index (χ0v) is 11.0. The second kappa shape index (κ2) is 8.07. The van der Waals surface area contributed by atoms with Crippen molar-refractivity contribution in [3.05, 3.63) is 34.2 Å². The molecule has 1 heterocycles. The SMILES string of the molecule is C#N.C#N.Cn1c(=O)n(C(F)F)c2cc(C=NN)ccc21. The van der Waals surface area contributed by atoms with Crippen LogP contribution in [0.15, 0.2) is 28.1 Å². The van der Waals surface area contributed by atoms with Crippen LogP contribution in [-0.4, -0.2) is 15.3 Å². The van der Waals surface area contributed by atoms with Gasteiger partial charge in [-0.3, -0.25) is 4.57 Å². The van der Waals surface area contributed by atoms with Gasteiger partial charge in [-0.2, -0.15) is 13.9 Å². The van der Waals surface area contributed by atoms with Crippen LogP contribution in [0.2, 0.25) is 0 Å². The molecule has 0 aliphatic heterocycles. The van der Waals surface area contributed by atoms with Gasteiger partial charge in [-0.15, -0.1) is 0 Å². The zero-order valence-electron chi connectivity index (χ0n) is 11.0. The molecule has 21 heavy (non-hydrogen) atoms. The maximum atomic E-state index is 12.8. The second-order valence-electron chi connectivity index (χ2n) is 3.52. The normalized spacial score (nSPS) is 9.90. The molecule has 2 rings (SSSR count). The van der Waals surface area contributed by atoms with Crippen molar-refractivity contribution in [3.63, 3.8) is 0 Å². The zero-order chi connectivity index (χ0) is 16.6. The average Bonchev–Trinajstić information content (AvgIpc) is 2.75. The molecule has 0 fully saturated rings. The number of aromatic nitrogens is 2. The Morgan fingerprint density at radius 1 is 1.29 bits per heavy atom. The lowest BCUT2D eigenvalue weighted by molar-refractivity contribution is 0.0705. The first kappa shape index (κ1) is 17.8. The molecule has 1 aromatic heterocycles. The number of rotatable bonds is 2. The van der Waals surface area contributed by atoms with Crippen LogP contribution in [0.25, 0.3) is 11.0 Å². The van der Waals surface area contributed by atoms with Crippen molar-refractivity contribution in [3.8, 4) is 13.1 Å². The van der Waals surface area contributed by atoms with E-state index in [2.05, 4.69) is 18.2 Å². The Balaban J connectivity index is 0.000000921. The summed E-state index contributed by atoms with van der Waals surface area (Å²) in [5, 5.41) is 16.3. The Morgan fingerprint density at radius 2 is 1.86 bits per heavy atom. The van der Waals surface area contributed by atoms with Crippen molar-refractivity contribution in [2.75, 3.05) is 0 Å². The van der Waals surface area contributed by atoms with Crippen LogP contribution in [0, 0.1) is 23.7 Å². The highest BCUT2D eigenvalue weighted by atomic mass is 19.3. The molecule has 0 amide bonds. The van der Waals surface area contributed by atoms with Gasteiger partial charge in [-0.1, -0.05) is 6.07 Å². The molecule has 0 atom stereocenters. The average molecular weight is 294 g/mol. The number of nitrogens with zero attached hydrogens (tertiary/aromatic N) is 5. The molecule has 0 aliphatic rings. The maximum Gasteiger partial charge on any atom is 0.333 e. The van der Waals surface area contributed by atoms with Gasteiger partial charge in [0.2, 0.25) is 0 Å². The molecule has 2 aromatic rings. The molecule has 0 aliphatic carbocycles. The van der Waals surface area contributed by atoms with Gasteiger partial charge in [0.25, 0.3) is 0 Å². The van der Waals surface area contributed by atoms with E-state index in [1.54, 1.807) is 12.1 Å². The summed E-state index contributed by atoms with van der Waals surface area (Å²) in [5.74, 6) is 4.99. The second-order valence-corrected chi connectivity index (χ2v) is 3.52.